The Morgan fingerprint density at radius 1 is 1.09 bits per heavy atom. The van der Waals surface area contributed by atoms with E-state index in [-0.39, 0.29) is 46.0 Å². The topological polar surface area (TPSA) is 108 Å². The van der Waals surface area contributed by atoms with Crippen LogP contribution < -0.4 is 21.2 Å². The molecule has 12 heteroatoms. The van der Waals surface area contributed by atoms with Crippen molar-refractivity contribution in [2.45, 2.75) is 39.2 Å². The first-order valence-electron chi connectivity index (χ1n) is 14.8. The summed E-state index contributed by atoms with van der Waals surface area (Å²) < 4.78 is 32.7. The Bertz CT molecular complexity index is 1840. The van der Waals surface area contributed by atoms with Gasteiger partial charge in [0.25, 0.3) is 0 Å². The maximum atomic E-state index is 16.1. The summed E-state index contributed by atoms with van der Waals surface area (Å²) in [6.07, 6.45) is 3.66. The number of piperazine rings is 1. The second kappa shape index (κ2) is 11.7. The van der Waals surface area contributed by atoms with Crippen molar-refractivity contribution in [3.63, 3.8) is 0 Å². The molecular formula is C32H34F2N8O2. The monoisotopic (exact) mass is 600 g/mol. The molecule has 2 aliphatic heterocycles. The molecule has 0 spiro atoms. The number of pyridine rings is 2. The Labute approximate surface area is 253 Å². The summed E-state index contributed by atoms with van der Waals surface area (Å²) in [5, 5.41) is 7.00. The Morgan fingerprint density at radius 2 is 1.89 bits per heavy atom. The predicted molar refractivity (Wildman–Crippen MR) is 168 cm³/mol. The van der Waals surface area contributed by atoms with E-state index in [0.717, 1.165) is 0 Å². The summed E-state index contributed by atoms with van der Waals surface area (Å²) in [5.41, 5.74) is 1.62. The molecule has 0 unspecified atom stereocenters. The average Bonchev–Trinajstić information content (AvgIpc) is 3.00. The smallest absolute Gasteiger partial charge is 0.355 e. The van der Waals surface area contributed by atoms with Gasteiger partial charge in [0.15, 0.2) is 5.65 Å². The van der Waals surface area contributed by atoms with Gasteiger partial charge in [-0.15, -0.1) is 0 Å². The maximum Gasteiger partial charge on any atom is 0.355 e. The number of nitrogens with one attached hydrogen (secondary N) is 2. The van der Waals surface area contributed by atoms with Crippen LogP contribution in [0.2, 0.25) is 0 Å². The molecule has 10 nitrogen and oxygen atoms in total. The van der Waals surface area contributed by atoms with Crippen molar-refractivity contribution in [1.82, 2.24) is 24.4 Å². The van der Waals surface area contributed by atoms with Crippen molar-refractivity contribution in [3.05, 3.63) is 77.0 Å². The van der Waals surface area contributed by atoms with Crippen LogP contribution in [0, 0.1) is 11.6 Å². The Kier molecular flexibility index (Phi) is 7.74. The fraction of sp³-hybridized carbons (Fsp3) is 0.344. The molecule has 228 valence electrons. The van der Waals surface area contributed by atoms with Crippen molar-refractivity contribution in [1.29, 1.82) is 0 Å². The number of carbonyl (C=O) groups is 1. The van der Waals surface area contributed by atoms with E-state index in [9.17, 15) is 9.59 Å². The normalized spacial score (nSPS) is 16.7. The van der Waals surface area contributed by atoms with Gasteiger partial charge in [0.1, 0.15) is 23.1 Å². The molecule has 4 bridgehead atoms. The summed E-state index contributed by atoms with van der Waals surface area (Å²) in [4.78, 5) is 43.8. The summed E-state index contributed by atoms with van der Waals surface area (Å²) in [5.74, 6) is -1.42. The summed E-state index contributed by atoms with van der Waals surface area (Å²) in [7, 11) is 0. The molecule has 0 aliphatic carbocycles. The lowest BCUT2D eigenvalue weighted by Crippen LogP contribution is -2.54. The number of fused-ring (bicyclic) bond motifs is 6. The highest BCUT2D eigenvalue weighted by atomic mass is 19.1. The first kappa shape index (κ1) is 29.2. The van der Waals surface area contributed by atoms with Crippen LogP contribution in [-0.4, -0.2) is 69.1 Å². The van der Waals surface area contributed by atoms with Gasteiger partial charge in [0.2, 0.25) is 5.91 Å². The molecule has 3 aromatic heterocycles. The molecule has 1 aromatic carbocycles. The Hall–Kier alpha value is -4.87. The lowest BCUT2D eigenvalue weighted by Gasteiger charge is -2.40. The minimum Gasteiger partial charge on any atom is -0.385 e. The van der Waals surface area contributed by atoms with E-state index in [4.69, 9.17) is 4.98 Å². The number of nitrogens with zero attached hydrogens (tertiary/aromatic N) is 6. The number of hydrogen-bond acceptors (Lipinski definition) is 8. The van der Waals surface area contributed by atoms with E-state index >= 15 is 8.78 Å². The van der Waals surface area contributed by atoms with Crippen molar-refractivity contribution in [3.8, 4) is 16.9 Å². The summed E-state index contributed by atoms with van der Waals surface area (Å²) in [6, 6.07) is 7.22. The predicted octanol–water partition coefficient (Wildman–Crippen LogP) is 4.69. The molecule has 5 heterocycles. The average molecular weight is 601 g/mol. The van der Waals surface area contributed by atoms with Crippen LogP contribution in [0.1, 0.15) is 38.8 Å². The van der Waals surface area contributed by atoms with Crippen molar-refractivity contribution < 1.29 is 13.6 Å². The number of hydrogen-bond donors (Lipinski definition) is 2. The van der Waals surface area contributed by atoms with E-state index in [1.54, 1.807) is 23.2 Å². The first-order valence-corrected chi connectivity index (χ1v) is 14.8. The van der Waals surface area contributed by atoms with Gasteiger partial charge >= 0.3 is 5.69 Å². The van der Waals surface area contributed by atoms with Crippen molar-refractivity contribution >= 4 is 34.1 Å². The molecule has 4 aromatic rings. The van der Waals surface area contributed by atoms with Gasteiger partial charge in [-0.3, -0.25) is 9.78 Å². The molecule has 2 N–H and O–H groups in total. The summed E-state index contributed by atoms with van der Waals surface area (Å²) >= 11 is 0. The van der Waals surface area contributed by atoms with E-state index in [1.165, 1.54) is 28.8 Å². The lowest BCUT2D eigenvalue weighted by molar-refractivity contribution is -0.126. The molecule has 2 aliphatic rings. The van der Waals surface area contributed by atoms with Gasteiger partial charge < -0.3 is 20.4 Å². The molecule has 1 amide bonds. The zero-order chi connectivity index (χ0) is 31.1. The Balaban J connectivity index is 1.67. The van der Waals surface area contributed by atoms with Crippen LogP contribution in [0.5, 0.6) is 0 Å². The maximum absolute atomic E-state index is 16.1. The van der Waals surface area contributed by atoms with Gasteiger partial charge in [-0.1, -0.05) is 20.4 Å². The SMILES string of the molecule is C=CC(=O)N1CCN(c2nc(=O)n3c4nc(c(F)cc24)-c2cc(ccc2F)NCCCNc2ccnc(C(C)C)c2-3)[C@@H](C)C1. The number of amides is 1. The van der Waals surface area contributed by atoms with Crippen LogP contribution in [-0.2, 0) is 4.79 Å². The van der Waals surface area contributed by atoms with E-state index in [2.05, 4.69) is 27.2 Å². The molecule has 1 fully saturated rings. The molecule has 6 rings (SSSR count). The van der Waals surface area contributed by atoms with Gasteiger partial charge in [0.05, 0.1) is 22.5 Å². The third-order valence-electron chi connectivity index (χ3n) is 8.13. The number of anilines is 3. The van der Waals surface area contributed by atoms with Crippen LogP contribution in [0.15, 0.2) is 54.0 Å². The standard InChI is InChI=1S/C32H34F2N8O2/c1-5-26(43)40-13-14-41(19(4)17-40)30-22-16-24(34)28-21-15-20(7-8-23(21)33)35-10-6-11-36-25-9-12-37-27(18(2)3)29(25)42(31(22)38-28)32(44)39-30/h5,7-9,12,15-16,18-19,35-36H,1,6,10-11,13-14,17H2,2-4H3/t19-/m0/s1. The fourth-order valence-electron chi connectivity index (χ4n) is 5.95. The van der Waals surface area contributed by atoms with Crippen LogP contribution >= 0.6 is 0 Å². The number of carbonyl (C=O) groups excluding carboxylic acids is 1. The minimum atomic E-state index is -0.754. The molecule has 1 atom stereocenters. The molecule has 0 radical (unpaired) electrons. The lowest BCUT2D eigenvalue weighted by atomic mass is 10.1. The zero-order valence-corrected chi connectivity index (χ0v) is 24.9. The summed E-state index contributed by atoms with van der Waals surface area (Å²) in [6.45, 7) is 11.7. The highest BCUT2D eigenvalue weighted by molar-refractivity contribution is 5.92. The highest BCUT2D eigenvalue weighted by Crippen LogP contribution is 2.36. The van der Waals surface area contributed by atoms with Crippen LogP contribution in [0.4, 0.5) is 26.0 Å². The highest BCUT2D eigenvalue weighted by Gasteiger charge is 2.31. The van der Waals surface area contributed by atoms with Crippen molar-refractivity contribution in [2.75, 3.05) is 48.3 Å². The quantitative estimate of drug-likeness (QED) is 0.326. The molecule has 1 saturated heterocycles. The number of aromatic nitrogens is 4. The van der Waals surface area contributed by atoms with E-state index in [1.807, 2.05) is 25.7 Å². The van der Waals surface area contributed by atoms with Crippen LogP contribution in [0.3, 0.4) is 0 Å². The van der Waals surface area contributed by atoms with Crippen LogP contribution in [0.25, 0.3) is 28.0 Å². The van der Waals surface area contributed by atoms with Crippen molar-refractivity contribution in [2.24, 2.45) is 0 Å². The third kappa shape index (κ3) is 5.14. The second-order valence-corrected chi connectivity index (χ2v) is 11.4. The van der Waals surface area contributed by atoms with Gasteiger partial charge in [0, 0.05) is 56.2 Å². The minimum absolute atomic E-state index is 0.0256. The second-order valence-electron chi connectivity index (χ2n) is 11.4. The van der Waals surface area contributed by atoms with Gasteiger partial charge in [-0.25, -0.2) is 23.1 Å². The van der Waals surface area contributed by atoms with Gasteiger partial charge in [-0.2, -0.15) is 4.98 Å². The van der Waals surface area contributed by atoms with E-state index < -0.39 is 17.3 Å². The third-order valence-corrected chi connectivity index (χ3v) is 8.13. The number of benzene rings is 1. The molecule has 44 heavy (non-hydrogen) atoms. The number of rotatable bonds is 3. The fourth-order valence-corrected chi connectivity index (χ4v) is 5.95. The Morgan fingerprint density at radius 3 is 2.64 bits per heavy atom. The molecule has 0 saturated carbocycles. The van der Waals surface area contributed by atoms with Gasteiger partial charge in [-0.05, 0) is 55.7 Å². The zero-order valence-electron chi connectivity index (χ0n) is 24.9. The number of halogens is 2. The first-order chi connectivity index (χ1) is 21.2. The van der Waals surface area contributed by atoms with E-state index in [0.29, 0.717) is 61.9 Å². The molecular weight excluding hydrogens is 566 g/mol. The largest absolute Gasteiger partial charge is 0.385 e.